The number of nitrogens with two attached hydrogens (primary N) is 1. The van der Waals surface area contributed by atoms with Crippen LogP contribution in [-0.4, -0.2) is 16.9 Å². The first-order chi connectivity index (χ1) is 7.33. The highest BCUT2D eigenvalue weighted by Gasteiger charge is 2.08. The summed E-state index contributed by atoms with van der Waals surface area (Å²) in [5.41, 5.74) is 8.43. The smallest absolute Gasteiger partial charge is 0.160 e. The van der Waals surface area contributed by atoms with Crippen molar-refractivity contribution < 1.29 is 4.63 Å². The predicted octanol–water partition coefficient (Wildman–Crippen LogP) is 1.79. The normalized spacial score (nSPS) is 10.4. The molecule has 0 unspecified atom stereocenters. The van der Waals surface area contributed by atoms with Gasteiger partial charge in [0.15, 0.2) is 11.0 Å². The Kier molecular flexibility index (Phi) is 2.53. The highest BCUT2D eigenvalue weighted by molar-refractivity contribution is 5.94. The number of hydrogen-bond acceptors (Lipinski definition) is 5. The Bertz CT molecular complexity index is 477. The molecule has 1 heterocycles. The van der Waals surface area contributed by atoms with E-state index < -0.39 is 0 Å². The largest absolute Gasteiger partial charge is 0.397 e. The molecule has 0 saturated heterocycles. The molecule has 0 aliphatic carbocycles. The van der Waals surface area contributed by atoms with Gasteiger partial charge in [-0.25, -0.2) is 4.63 Å². The van der Waals surface area contributed by atoms with Crippen molar-refractivity contribution in [2.75, 3.05) is 17.6 Å². The SMILES string of the molecule is C=CCCNc1ccc(N)c2nonc12. The van der Waals surface area contributed by atoms with Crippen molar-refractivity contribution in [1.82, 2.24) is 10.3 Å². The Morgan fingerprint density at radius 3 is 3.00 bits per heavy atom. The lowest BCUT2D eigenvalue weighted by molar-refractivity contribution is 0.316. The molecule has 2 aromatic rings. The molecule has 0 aliphatic rings. The molecule has 0 atom stereocenters. The van der Waals surface area contributed by atoms with Gasteiger partial charge in [0.1, 0.15) is 0 Å². The van der Waals surface area contributed by atoms with Crippen LogP contribution in [0.3, 0.4) is 0 Å². The monoisotopic (exact) mass is 204 g/mol. The number of benzene rings is 1. The molecule has 0 fully saturated rings. The Morgan fingerprint density at radius 2 is 2.20 bits per heavy atom. The summed E-state index contributed by atoms with van der Waals surface area (Å²) in [6.07, 6.45) is 2.74. The van der Waals surface area contributed by atoms with Gasteiger partial charge in [-0.15, -0.1) is 6.58 Å². The zero-order valence-corrected chi connectivity index (χ0v) is 8.23. The highest BCUT2D eigenvalue weighted by atomic mass is 16.6. The van der Waals surface area contributed by atoms with Crippen LogP contribution in [0.4, 0.5) is 11.4 Å². The van der Waals surface area contributed by atoms with Crippen molar-refractivity contribution in [1.29, 1.82) is 0 Å². The highest BCUT2D eigenvalue weighted by Crippen LogP contribution is 2.24. The van der Waals surface area contributed by atoms with E-state index in [0.29, 0.717) is 16.7 Å². The molecule has 0 spiro atoms. The first-order valence-electron chi connectivity index (χ1n) is 4.68. The van der Waals surface area contributed by atoms with E-state index in [-0.39, 0.29) is 0 Å². The molecule has 0 bridgehead atoms. The fourth-order valence-electron chi connectivity index (χ4n) is 1.34. The number of nitrogens with zero attached hydrogens (tertiary/aromatic N) is 2. The predicted molar refractivity (Wildman–Crippen MR) is 59.5 cm³/mol. The summed E-state index contributed by atoms with van der Waals surface area (Å²) in [7, 11) is 0. The molecular weight excluding hydrogens is 192 g/mol. The fourth-order valence-corrected chi connectivity index (χ4v) is 1.34. The maximum Gasteiger partial charge on any atom is 0.160 e. The molecule has 0 aliphatic heterocycles. The summed E-state index contributed by atoms with van der Waals surface area (Å²) in [5.74, 6) is 0. The second kappa shape index (κ2) is 4.00. The minimum atomic E-state index is 0.570. The van der Waals surface area contributed by atoms with Crippen LogP contribution >= 0.6 is 0 Å². The van der Waals surface area contributed by atoms with Crippen molar-refractivity contribution in [3.8, 4) is 0 Å². The van der Waals surface area contributed by atoms with Crippen molar-refractivity contribution in [2.45, 2.75) is 6.42 Å². The summed E-state index contributed by atoms with van der Waals surface area (Å²) < 4.78 is 4.65. The average Bonchev–Trinajstić information content (AvgIpc) is 2.71. The van der Waals surface area contributed by atoms with Crippen LogP contribution in [0.2, 0.25) is 0 Å². The third-order valence-corrected chi connectivity index (χ3v) is 2.11. The fraction of sp³-hybridized carbons (Fsp3) is 0.200. The van der Waals surface area contributed by atoms with Crippen molar-refractivity contribution >= 4 is 22.4 Å². The van der Waals surface area contributed by atoms with Crippen LogP contribution < -0.4 is 11.1 Å². The van der Waals surface area contributed by atoms with Crippen LogP contribution in [0, 0.1) is 0 Å². The zero-order chi connectivity index (χ0) is 10.7. The van der Waals surface area contributed by atoms with Crippen molar-refractivity contribution in [3.05, 3.63) is 24.8 Å². The van der Waals surface area contributed by atoms with E-state index in [1.165, 1.54) is 0 Å². The number of rotatable bonds is 4. The number of nitrogen functional groups attached to an aromatic ring is 1. The molecule has 5 nitrogen and oxygen atoms in total. The second-order valence-electron chi connectivity index (χ2n) is 3.17. The van der Waals surface area contributed by atoms with Gasteiger partial charge in [-0.1, -0.05) is 6.08 Å². The zero-order valence-electron chi connectivity index (χ0n) is 8.23. The first-order valence-corrected chi connectivity index (χ1v) is 4.68. The summed E-state index contributed by atoms with van der Waals surface area (Å²) in [6.45, 7) is 4.45. The average molecular weight is 204 g/mol. The Hall–Kier alpha value is -2.04. The maximum atomic E-state index is 5.72. The van der Waals surface area contributed by atoms with E-state index >= 15 is 0 Å². The van der Waals surface area contributed by atoms with Gasteiger partial charge in [-0.2, -0.15) is 0 Å². The molecule has 78 valence electrons. The maximum absolute atomic E-state index is 5.72. The molecular formula is C10H12N4O. The summed E-state index contributed by atoms with van der Waals surface area (Å²) in [5, 5.41) is 10.8. The number of hydrogen-bond donors (Lipinski definition) is 2. The number of aromatic nitrogens is 2. The minimum Gasteiger partial charge on any atom is -0.397 e. The van der Waals surface area contributed by atoms with Gasteiger partial charge in [0.05, 0.1) is 11.4 Å². The van der Waals surface area contributed by atoms with Crippen LogP contribution in [0.15, 0.2) is 29.4 Å². The van der Waals surface area contributed by atoms with Crippen LogP contribution in [0.5, 0.6) is 0 Å². The van der Waals surface area contributed by atoms with Crippen molar-refractivity contribution in [3.63, 3.8) is 0 Å². The standard InChI is InChI=1S/C10H12N4O/c1-2-3-6-12-8-5-4-7(11)9-10(8)14-15-13-9/h2,4-5,12H,1,3,6,11H2. The second-order valence-corrected chi connectivity index (χ2v) is 3.17. The topological polar surface area (TPSA) is 77.0 Å². The van der Waals surface area contributed by atoms with Crippen molar-refractivity contribution in [2.24, 2.45) is 0 Å². The molecule has 0 saturated carbocycles. The molecule has 15 heavy (non-hydrogen) atoms. The molecule has 3 N–H and O–H groups in total. The van der Waals surface area contributed by atoms with Crippen LogP contribution in [-0.2, 0) is 0 Å². The quantitative estimate of drug-likeness (QED) is 0.451. The van der Waals surface area contributed by atoms with E-state index in [2.05, 4.69) is 26.8 Å². The molecule has 0 amide bonds. The molecule has 1 aromatic carbocycles. The Labute approximate surface area is 86.9 Å². The van der Waals surface area contributed by atoms with E-state index in [1.807, 2.05) is 12.1 Å². The molecule has 5 heteroatoms. The lowest BCUT2D eigenvalue weighted by Gasteiger charge is -2.04. The Balaban J connectivity index is 2.31. The third kappa shape index (κ3) is 1.76. The summed E-state index contributed by atoms with van der Waals surface area (Å²) in [4.78, 5) is 0. The Morgan fingerprint density at radius 1 is 1.40 bits per heavy atom. The van der Waals surface area contributed by atoms with E-state index in [4.69, 9.17) is 5.73 Å². The van der Waals surface area contributed by atoms with E-state index in [9.17, 15) is 0 Å². The van der Waals surface area contributed by atoms with E-state index in [0.717, 1.165) is 18.7 Å². The summed E-state index contributed by atoms with van der Waals surface area (Å²) in [6, 6.07) is 3.65. The number of nitrogens with one attached hydrogen (secondary N) is 1. The number of fused-ring (bicyclic) bond motifs is 1. The van der Waals surface area contributed by atoms with Gasteiger partial charge in [0, 0.05) is 6.54 Å². The van der Waals surface area contributed by atoms with Crippen LogP contribution in [0.1, 0.15) is 6.42 Å². The van der Waals surface area contributed by atoms with Crippen LogP contribution in [0.25, 0.3) is 11.0 Å². The van der Waals surface area contributed by atoms with Gasteiger partial charge in [0.2, 0.25) is 0 Å². The van der Waals surface area contributed by atoms with E-state index in [1.54, 1.807) is 6.07 Å². The van der Waals surface area contributed by atoms with Gasteiger partial charge < -0.3 is 11.1 Å². The third-order valence-electron chi connectivity index (χ3n) is 2.11. The van der Waals surface area contributed by atoms with Gasteiger partial charge in [-0.05, 0) is 28.9 Å². The molecule has 0 radical (unpaired) electrons. The molecule has 1 aromatic heterocycles. The minimum absolute atomic E-state index is 0.570. The lowest BCUT2D eigenvalue weighted by atomic mass is 10.2. The van der Waals surface area contributed by atoms with Gasteiger partial charge >= 0.3 is 0 Å². The number of anilines is 2. The lowest BCUT2D eigenvalue weighted by Crippen LogP contribution is -2.01. The summed E-state index contributed by atoms with van der Waals surface area (Å²) >= 11 is 0. The van der Waals surface area contributed by atoms with Gasteiger partial charge in [-0.3, -0.25) is 0 Å². The molecule has 2 rings (SSSR count). The first kappa shape index (κ1) is 9.51. The van der Waals surface area contributed by atoms with Gasteiger partial charge in [0.25, 0.3) is 0 Å².